The highest BCUT2D eigenvalue weighted by atomic mass is 32.2. The van der Waals surface area contributed by atoms with Crippen LogP contribution in [0.3, 0.4) is 0 Å². The molecule has 0 radical (unpaired) electrons. The summed E-state index contributed by atoms with van der Waals surface area (Å²) in [6.07, 6.45) is 0.807. The minimum absolute atomic E-state index is 0.807. The van der Waals surface area contributed by atoms with E-state index >= 15 is 0 Å². The van der Waals surface area contributed by atoms with Crippen LogP contribution in [-0.2, 0) is 6.42 Å². The first-order valence-corrected chi connectivity index (χ1v) is 7.92. The SMILES string of the molecule is CCc1nc(NC)c(C)c(Sc2nnc(N(C)C)s2)n1. The summed E-state index contributed by atoms with van der Waals surface area (Å²) in [6, 6.07) is 0. The van der Waals surface area contributed by atoms with Gasteiger partial charge in [0.15, 0.2) is 4.34 Å². The highest BCUT2D eigenvalue weighted by Crippen LogP contribution is 2.34. The van der Waals surface area contributed by atoms with E-state index in [1.807, 2.05) is 39.9 Å². The van der Waals surface area contributed by atoms with Crippen molar-refractivity contribution in [2.24, 2.45) is 0 Å². The van der Waals surface area contributed by atoms with Gasteiger partial charge in [-0.1, -0.05) is 18.3 Å². The molecule has 0 atom stereocenters. The summed E-state index contributed by atoms with van der Waals surface area (Å²) >= 11 is 3.10. The molecule has 0 spiro atoms. The molecule has 108 valence electrons. The van der Waals surface area contributed by atoms with Crippen LogP contribution < -0.4 is 10.2 Å². The predicted molar refractivity (Wildman–Crippen MR) is 84.1 cm³/mol. The maximum absolute atomic E-state index is 4.59. The van der Waals surface area contributed by atoms with Crippen molar-refractivity contribution in [1.29, 1.82) is 0 Å². The van der Waals surface area contributed by atoms with Gasteiger partial charge >= 0.3 is 0 Å². The number of aryl methyl sites for hydroxylation is 1. The summed E-state index contributed by atoms with van der Waals surface area (Å²) in [4.78, 5) is 11.0. The molecule has 1 N–H and O–H groups in total. The average Bonchev–Trinajstić information content (AvgIpc) is 2.90. The van der Waals surface area contributed by atoms with Gasteiger partial charge in [-0.15, -0.1) is 10.2 Å². The summed E-state index contributed by atoms with van der Waals surface area (Å²) in [5, 5.41) is 13.3. The first-order valence-electron chi connectivity index (χ1n) is 6.29. The summed E-state index contributed by atoms with van der Waals surface area (Å²) in [7, 11) is 5.79. The lowest BCUT2D eigenvalue weighted by atomic mass is 10.3. The molecule has 0 aliphatic carbocycles. The zero-order valence-corrected chi connectivity index (χ0v) is 13.9. The number of rotatable bonds is 5. The fourth-order valence-electron chi connectivity index (χ4n) is 1.55. The number of aromatic nitrogens is 4. The van der Waals surface area contributed by atoms with Crippen LogP contribution in [0.5, 0.6) is 0 Å². The minimum Gasteiger partial charge on any atom is -0.373 e. The molecular formula is C12H18N6S2. The molecule has 0 fully saturated rings. The van der Waals surface area contributed by atoms with Crippen molar-refractivity contribution in [3.63, 3.8) is 0 Å². The third-order valence-electron chi connectivity index (χ3n) is 2.66. The fraction of sp³-hybridized carbons (Fsp3) is 0.500. The molecule has 0 aliphatic heterocycles. The van der Waals surface area contributed by atoms with Gasteiger partial charge < -0.3 is 10.2 Å². The molecule has 2 heterocycles. The quantitative estimate of drug-likeness (QED) is 0.851. The van der Waals surface area contributed by atoms with Crippen LogP contribution in [0.4, 0.5) is 10.9 Å². The lowest BCUT2D eigenvalue weighted by Gasteiger charge is -2.09. The van der Waals surface area contributed by atoms with Crippen molar-refractivity contribution >= 4 is 34.0 Å². The summed E-state index contributed by atoms with van der Waals surface area (Å²) < 4.78 is 0.889. The molecule has 0 saturated heterocycles. The van der Waals surface area contributed by atoms with E-state index < -0.39 is 0 Å². The number of nitrogens with zero attached hydrogens (tertiary/aromatic N) is 5. The monoisotopic (exact) mass is 310 g/mol. The van der Waals surface area contributed by atoms with Crippen molar-refractivity contribution in [1.82, 2.24) is 20.2 Å². The third kappa shape index (κ3) is 3.18. The molecule has 20 heavy (non-hydrogen) atoms. The van der Waals surface area contributed by atoms with Gasteiger partial charge in [-0.2, -0.15) is 0 Å². The molecular weight excluding hydrogens is 292 g/mol. The largest absolute Gasteiger partial charge is 0.373 e. The van der Waals surface area contributed by atoms with Crippen molar-refractivity contribution in [2.45, 2.75) is 29.6 Å². The van der Waals surface area contributed by atoms with Gasteiger partial charge in [0.2, 0.25) is 5.13 Å². The normalized spacial score (nSPS) is 10.7. The van der Waals surface area contributed by atoms with Crippen LogP contribution in [0.1, 0.15) is 18.3 Å². The lowest BCUT2D eigenvalue weighted by Crippen LogP contribution is -2.07. The Morgan fingerprint density at radius 3 is 2.55 bits per heavy atom. The van der Waals surface area contributed by atoms with Gasteiger partial charge in [-0.3, -0.25) is 0 Å². The molecule has 0 aromatic carbocycles. The van der Waals surface area contributed by atoms with E-state index in [9.17, 15) is 0 Å². The van der Waals surface area contributed by atoms with Crippen molar-refractivity contribution in [3.05, 3.63) is 11.4 Å². The van der Waals surface area contributed by atoms with Crippen molar-refractivity contribution in [3.8, 4) is 0 Å². The zero-order chi connectivity index (χ0) is 14.7. The van der Waals surface area contributed by atoms with Gasteiger partial charge in [0.05, 0.1) is 0 Å². The summed E-state index contributed by atoms with van der Waals surface area (Å²) in [5.74, 6) is 1.71. The Balaban J connectivity index is 2.31. The highest BCUT2D eigenvalue weighted by molar-refractivity contribution is 8.01. The second kappa shape index (κ2) is 6.36. The minimum atomic E-state index is 0.807. The number of nitrogens with one attached hydrogen (secondary N) is 1. The third-order valence-corrected chi connectivity index (χ3v) is 4.90. The zero-order valence-electron chi connectivity index (χ0n) is 12.3. The van der Waals surface area contributed by atoms with Crippen LogP contribution in [0.2, 0.25) is 0 Å². The van der Waals surface area contributed by atoms with Gasteiger partial charge in [-0.05, 0) is 18.7 Å². The van der Waals surface area contributed by atoms with E-state index in [-0.39, 0.29) is 0 Å². The predicted octanol–water partition coefficient (Wildman–Crippen LogP) is 2.46. The van der Waals surface area contributed by atoms with Gasteiger partial charge in [0.1, 0.15) is 16.7 Å². The number of anilines is 2. The second-order valence-corrected chi connectivity index (χ2v) is 6.56. The molecule has 0 saturated carbocycles. The molecule has 0 bridgehead atoms. The Kier molecular flexibility index (Phi) is 4.77. The first kappa shape index (κ1) is 15.0. The van der Waals surface area contributed by atoms with Crippen LogP contribution in [0.25, 0.3) is 0 Å². The number of hydrogen-bond donors (Lipinski definition) is 1. The van der Waals surface area contributed by atoms with Crippen LogP contribution in [0.15, 0.2) is 9.37 Å². The van der Waals surface area contributed by atoms with Crippen LogP contribution in [-0.4, -0.2) is 41.3 Å². The van der Waals surface area contributed by atoms with E-state index in [0.717, 1.165) is 38.1 Å². The molecule has 6 nitrogen and oxygen atoms in total. The Bertz CT molecular complexity index is 596. The molecule has 2 rings (SSSR count). The Hall–Kier alpha value is -1.41. The molecule has 8 heteroatoms. The maximum atomic E-state index is 4.59. The molecule has 2 aromatic heterocycles. The smallest absolute Gasteiger partial charge is 0.208 e. The summed E-state index contributed by atoms with van der Waals surface area (Å²) in [6.45, 7) is 4.06. The van der Waals surface area contributed by atoms with E-state index in [1.165, 1.54) is 11.8 Å². The molecule has 2 aromatic rings. The topological polar surface area (TPSA) is 66.8 Å². The second-order valence-electron chi connectivity index (χ2n) is 4.37. The van der Waals surface area contributed by atoms with Crippen LogP contribution in [0, 0.1) is 6.92 Å². The van der Waals surface area contributed by atoms with Crippen molar-refractivity contribution < 1.29 is 0 Å². The lowest BCUT2D eigenvalue weighted by molar-refractivity contribution is 0.873. The first-order chi connectivity index (χ1) is 9.55. The standard InChI is InChI=1S/C12H18N6S2/c1-6-8-14-9(13-3)7(2)10(15-8)19-12-17-16-11(20-12)18(4)5/h6H2,1-5H3,(H,13,14,15). The van der Waals surface area contributed by atoms with E-state index in [1.54, 1.807) is 11.3 Å². The van der Waals surface area contributed by atoms with Crippen LogP contribution >= 0.6 is 23.1 Å². The highest BCUT2D eigenvalue weighted by Gasteiger charge is 2.14. The van der Waals surface area contributed by atoms with Gasteiger partial charge in [0.25, 0.3) is 0 Å². The van der Waals surface area contributed by atoms with E-state index in [2.05, 4.69) is 25.5 Å². The molecule has 0 unspecified atom stereocenters. The fourth-order valence-corrected chi connectivity index (χ4v) is 3.33. The van der Waals surface area contributed by atoms with Gasteiger partial charge in [0, 0.05) is 33.1 Å². The summed E-state index contributed by atoms with van der Waals surface area (Å²) in [5.41, 5.74) is 1.04. The molecule has 0 amide bonds. The Morgan fingerprint density at radius 2 is 2.00 bits per heavy atom. The maximum Gasteiger partial charge on any atom is 0.208 e. The van der Waals surface area contributed by atoms with E-state index in [0.29, 0.717) is 0 Å². The van der Waals surface area contributed by atoms with Crippen molar-refractivity contribution in [2.75, 3.05) is 31.4 Å². The molecule has 0 aliphatic rings. The Labute approximate surface area is 127 Å². The Morgan fingerprint density at radius 1 is 1.25 bits per heavy atom. The number of hydrogen-bond acceptors (Lipinski definition) is 8. The average molecular weight is 310 g/mol. The van der Waals surface area contributed by atoms with E-state index in [4.69, 9.17) is 0 Å². The van der Waals surface area contributed by atoms with Gasteiger partial charge in [-0.25, -0.2) is 9.97 Å².